The van der Waals surface area contributed by atoms with Gasteiger partial charge < -0.3 is 10.1 Å². The summed E-state index contributed by atoms with van der Waals surface area (Å²) in [4.78, 5) is 25.6. The number of amides is 1. The fraction of sp³-hybridized carbons (Fsp3) is 0.417. The summed E-state index contributed by atoms with van der Waals surface area (Å²) in [6.45, 7) is 6.55. The maximum absolute atomic E-state index is 14.6. The van der Waals surface area contributed by atoms with E-state index in [9.17, 15) is 22.4 Å². The number of halogens is 1. The van der Waals surface area contributed by atoms with Crippen LogP contribution in [0.25, 0.3) is 0 Å². The van der Waals surface area contributed by atoms with E-state index in [0.29, 0.717) is 22.9 Å². The molecule has 2 aromatic rings. The number of sulfone groups is 1. The molecule has 0 aliphatic rings. The summed E-state index contributed by atoms with van der Waals surface area (Å²) in [5.41, 5.74) is 1.98. The molecule has 0 saturated carbocycles. The minimum absolute atomic E-state index is 0.0697. The Morgan fingerprint density at radius 2 is 1.67 bits per heavy atom. The Morgan fingerprint density at radius 1 is 1.06 bits per heavy atom. The van der Waals surface area contributed by atoms with Crippen LogP contribution in [-0.4, -0.2) is 47.3 Å². The molecule has 0 heterocycles. The Labute approximate surface area is 196 Å². The Balaban J connectivity index is 2.27. The molecule has 2 rings (SSSR count). The number of hydrogen-bond donors (Lipinski definition) is 1. The SMILES string of the molecule is COCc1ccc([C@@H](NC(=O)CCS(C)(=O)=O)C(=O)Cc2ccc([Si](C)(C)C)c(F)c2)cc1. The van der Waals surface area contributed by atoms with Gasteiger partial charge in [0.15, 0.2) is 5.78 Å². The first-order valence-corrected chi connectivity index (χ1v) is 16.2. The first-order chi connectivity index (χ1) is 15.3. The van der Waals surface area contributed by atoms with E-state index in [1.807, 2.05) is 19.6 Å². The Kier molecular flexibility index (Phi) is 9.10. The quantitative estimate of drug-likeness (QED) is 0.486. The van der Waals surface area contributed by atoms with Crippen molar-refractivity contribution in [3.63, 3.8) is 0 Å². The van der Waals surface area contributed by atoms with Crippen LogP contribution in [0, 0.1) is 5.82 Å². The monoisotopic (exact) mass is 493 g/mol. The molecule has 33 heavy (non-hydrogen) atoms. The van der Waals surface area contributed by atoms with Crippen LogP contribution in [0.2, 0.25) is 19.6 Å². The smallest absolute Gasteiger partial charge is 0.221 e. The highest BCUT2D eigenvalue weighted by Crippen LogP contribution is 2.19. The van der Waals surface area contributed by atoms with Gasteiger partial charge in [0.25, 0.3) is 0 Å². The van der Waals surface area contributed by atoms with Gasteiger partial charge in [-0.25, -0.2) is 12.8 Å². The molecule has 9 heteroatoms. The highest BCUT2D eigenvalue weighted by molar-refractivity contribution is 7.90. The molecule has 0 saturated heterocycles. The summed E-state index contributed by atoms with van der Waals surface area (Å²) >= 11 is 0. The van der Waals surface area contributed by atoms with Crippen LogP contribution in [0.15, 0.2) is 42.5 Å². The number of nitrogens with one attached hydrogen (secondary N) is 1. The third-order valence-electron chi connectivity index (χ3n) is 5.17. The summed E-state index contributed by atoms with van der Waals surface area (Å²) in [7, 11) is -3.59. The first-order valence-electron chi connectivity index (χ1n) is 10.7. The topological polar surface area (TPSA) is 89.5 Å². The van der Waals surface area contributed by atoms with E-state index in [-0.39, 0.29) is 30.2 Å². The number of methoxy groups -OCH3 is 1. The minimum atomic E-state index is -3.32. The van der Waals surface area contributed by atoms with E-state index in [1.165, 1.54) is 6.07 Å². The summed E-state index contributed by atoms with van der Waals surface area (Å²) in [5, 5.41) is 3.35. The second-order valence-corrected chi connectivity index (χ2v) is 16.6. The van der Waals surface area contributed by atoms with Crippen molar-refractivity contribution in [1.29, 1.82) is 0 Å². The average molecular weight is 494 g/mol. The third kappa shape index (κ3) is 8.49. The van der Waals surface area contributed by atoms with Crippen molar-refractivity contribution < 1.29 is 27.1 Å². The van der Waals surface area contributed by atoms with E-state index in [1.54, 1.807) is 43.5 Å². The van der Waals surface area contributed by atoms with Gasteiger partial charge in [-0.1, -0.05) is 56.0 Å². The second kappa shape index (κ2) is 11.2. The summed E-state index contributed by atoms with van der Waals surface area (Å²) < 4.78 is 42.6. The van der Waals surface area contributed by atoms with Crippen molar-refractivity contribution in [1.82, 2.24) is 5.32 Å². The van der Waals surface area contributed by atoms with Crippen LogP contribution < -0.4 is 10.5 Å². The van der Waals surface area contributed by atoms with Gasteiger partial charge in [-0.2, -0.15) is 0 Å². The van der Waals surface area contributed by atoms with Crippen molar-refractivity contribution in [2.45, 2.75) is 45.1 Å². The van der Waals surface area contributed by atoms with Crippen LogP contribution >= 0.6 is 0 Å². The molecule has 6 nitrogen and oxygen atoms in total. The molecule has 1 atom stereocenters. The highest BCUT2D eigenvalue weighted by Gasteiger charge is 2.25. The van der Waals surface area contributed by atoms with Gasteiger partial charge in [-0.3, -0.25) is 9.59 Å². The lowest BCUT2D eigenvalue weighted by atomic mass is 9.96. The van der Waals surface area contributed by atoms with Gasteiger partial charge >= 0.3 is 0 Å². The van der Waals surface area contributed by atoms with Gasteiger partial charge in [0.05, 0.1) is 20.4 Å². The fourth-order valence-corrected chi connectivity index (χ4v) is 5.34. The normalized spacial score (nSPS) is 12.9. The molecule has 2 aromatic carbocycles. The van der Waals surface area contributed by atoms with Gasteiger partial charge in [-0.15, -0.1) is 0 Å². The van der Waals surface area contributed by atoms with E-state index in [0.717, 1.165) is 11.8 Å². The number of ether oxygens (including phenoxy) is 1. The van der Waals surface area contributed by atoms with Crippen LogP contribution in [0.3, 0.4) is 0 Å². The molecule has 0 unspecified atom stereocenters. The number of carbonyl (C=O) groups is 2. The summed E-state index contributed by atoms with van der Waals surface area (Å²) in [6.07, 6.45) is 0.736. The van der Waals surface area contributed by atoms with Crippen molar-refractivity contribution >= 4 is 34.8 Å². The molecule has 1 N–H and O–H groups in total. The zero-order valence-electron chi connectivity index (χ0n) is 19.8. The predicted molar refractivity (Wildman–Crippen MR) is 130 cm³/mol. The lowest BCUT2D eigenvalue weighted by Crippen LogP contribution is -2.40. The largest absolute Gasteiger partial charge is 0.380 e. The molecule has 1 amide bonds. The number of hydrogen-bond acceptors (Lipinski definition) is 5. The molecular weight excluding hydrogens is 461 g/mol. The molecule has 0 spiro atoms. The van der Waals surface area contributed by atoms with Crippen LogP contribution in [0.5, 0.6) is 0 Å². The maximum atomic E-state index is 14.6. The number of ketones is 1. The molecule has 0 aliphatic heterocycles. The fourth-order valence-electron chi connectivity index (χ4n) is 3.41. The summed E-state index contributed by atoms with van der Waals surface area (Å²) in [5.74, 6) is -1.49. The number of carbonyl (C=O) groups excluding carboxylic acids is 2. The minimum Gasteiger partial charge on any atom is -0.380 e. The zero-order chi connectivity index (χ0) is 24.8. The molecule has 0 bridgehead atoms. The first kappa shape index (κ1) is 26.9. The molecule has 180 valence electrons. The predicted octanol–water partition coefficient (Wildman–Crippen LogP) is 2.92. The molecule has 0 radical (unpaired) electrons. The molecule has 0 aliphatic carbocycles. The lowest BCUT2D eigenvalue weighted by molar-refractivity contribution is -0.127. The van der Waals surface area contributed by atoms with E-state index in [2.05, 4.69) is 5.32 Å². The average Bonchev–Trinajstić information content (AvgIpc) is 2.70. The van der Waals surface area contributed by atoms with Crippen molar-refractivity contribution in [2.75, 3.05) is 19.1 Å². The number of Topliss-reactive ketones (excluding diaryl/α,β-unsaturated/α-hetero) is 1. The van der Waals surface area contributed by atoms with Crippen LogP contribution in [-0.2, 0) is 37.2 Å². The van der Waals surface area contributed by atoms with Gasteiger partial charge in [-0.05, 0) is 27.9 Å². The summed E-state index contributed by atoms with van der Waals surface area (Å²) in [6, 6.07) is 10.9. The molecule has 0 fully saturated rings. The third-order valence-corrected chi connectivity index (χ3v) is 8.14. The van der Waals surface area contributed by atoms with E-state index < -0.39 is 29.9 Å². The Bertz CT molecular complexity index is 1090. The van der Waals surface area contributed by atoms with Crippen molar-refractivity contribution in [2.24, 2.45) is 0 Å². The van der Waals surface area contributed by atoms with Crippen LogP contribution in [0.1, 0.15) is 29.2 Å². The zero-order valence-corrected chi connectivity index (χ0v) is 21.6. The van der Waals surface area contributed by atoms with E-state index in [4.69, 9.17) is 4.74 Å². The van der Waals surface area contributed by atoms with Gasteiger partial charge in [0.1, 0.15) is 21.7 Å². The number of benzene rings is 2. The van der Waals surface area contributed by atoms with E-state index >= 15 is 0 Å². The standard InChI is InChI=1S/C24H32FNO5SSi/c1-31-16-17-6-9-19(10-7-17)24(26-23(28)12-13-32(2,29)30)21(27)15-18-8-11-22(20(25)14-18)33(3,4)5/h6-11,14,24H,12-13,15-16H2,1-5H3,(H,26,28)/t24-/m1/s1. The number of rotatable bonds is 11. The Hall–Kier alpha value is -2.36. The molecule has 0 aromatic heterocycles. The maximum Gasteiger partial charge on any atom is 0.221 e. The van der Waals surface area contributed by atoms with Crippen LogP contribution in [0.4, 0.5) is 4.39 Å². The second-order valence-electron chi connectivity index (χ2n) is 9.26. The highest BCUT2D eigenvalue weighted by atomic mass is 32.2. The lowest BCUT2D eigenvalue weighted by Gasteiger charge is -2.20. The van der Waals surface area contributed by atoms with Gasteiger partial charge in [0.2, 0.25) is 5.91 Å². The van der Waals surface area contributed by atoms with Crippen molar-refractivity contribution in [3.8, 4) is 0 Å². The molecular formula is C24H32FNO5SSi. The van der Waals surface area contributed by atoms with Crippen molar-refractivity contribution in [3.05, 3.63) is 65.0 Å². The van der Waals surface area contributed by atoms with Gasteiger partial charge in [0, 0.05) is 26.2 Å². The Morgan fingerprint density at radius 3 is 2.18 bits per heavy atom.